The summed E-state index contributed by atoms with van der Waals surface area (Å²) in [6.07, 6.45) is 0. The number of rotatable bonds is 9. The molecule has 0 saturated heterocycles. The van der Waals surface area contributed by atoms with Gasteiger partial charge in [-0.1, -0.05) is 269 Å². The van der Waals surface area contributed by atoms with Crippen molar-refractivity contribution in [1.82, 2.24) is 0 Å². The average Bonchev–Trinajstić information content (AvgIpc) is 0.697. The molecule has 0 unspecified atom stereocenters. The van der Waals surface area contributed by atoms with E-state index >= 15 is 0 Å². The number of benzene rings is 15. The van der Waals surface area contributed by atoms with Gasteiger partial charge in [0.2, 0.25) is 0 Å². The Morgan fingerprint density at radius 1 is 0.301 bits per heavy atom. The van der Waals surface area contributed by atoms with Crippen LogP contribution in [0.15, 0.2) is 371 Å². The number of anilines is 12. The van der Waals surface area contributed by atoms with E-state index in [9.17, 15) is 0 Å². The molecule has 8 heteroatoms. The quantitative estimate of drug-likeness (QED) is 0.133. The Morgan fingerprint density at radius 3 is 1.28 bits per heavy atom. The summed E-state index contributed by atoms with van der Waals surface area (Å²) in [5, 5.41) is 0. The van der Waals surface area contributed by atoms with Gasteiger partial charge in [-0.3, -0.25) is 0 Å². The lowest BCUT2D eigenvalue weighted by atomic mass is 9.34. The number of hydrogen-bond acceptors (Lipinski definition) is 7. The molecule has 103 heavy (non-hydrogen) atoms. The van der Waals surface area contributed by atoms with Crippen molar-refractivity contribution in [1.29, 1.82) is 0 Å². The predicted octanol–water partition coefficient (Wildman–Crippen LogP) is 24.4. The Kier molecular flexibility index (Phi) is 14.3. The van der Waals surface area contributed by atoms with Crippen LogP contribution < -0.4 is 40.7 Å². The van der Waals surface area contributed by atoms with Gasteiger partial charge in [0.1, 0.15) is 11.5 Å². The lowest BCUT2D eigenvalue weighted by Gasteiger charge is -2.46. The van der Waals surface area contributed by atoms with Gasteiger partial charge in [-0.2, -0.15) is 0 Å². The molecule has 0 amide bonds. The van der Waals surface area contributed by atoms with Gasteiger partial charge in [-0.05, 0) is 193 Å². The summed E-state index contributed by atoms with van der Waals surface area (Å²) in [5.41, 5.74) is 28.3. The highest BCUT2D eigenvalue weighted by Gasteiger charge is 2.48. The lowest BCUT2D eigenvalue weighted by Crippen LogP contribution is -2.59. The van der Waals surface area contributed by atoms with Crippen LogP contribution in [0.5, 0.6) is 11.5 Å². The molecule has 0 saturated carbocycles. The second-order valence-corrected chi connectivity index (χ2v) is 30.5. The van der Waals surface area contributed by atoms with Crippen LogP contribution in [0.4, 0.5) is 68.2 Å². The Bertz CT molecular complexity index is 5690. The highest BCUT2D eigenvalue weighted by molar-refractivity contribution is 8.00. The van der Waals surface area contributed by atoms with Crippen LogP contribution in [-0.2, 0) is 10.8 Å². The average molecular weight is 1360 g/mol. The third kappa shape index (κ3) is 9.72. The van der Waals surface area contributed by atoms with Gasteiger partial charge in [0.05, 0.1) is 45.2 Å². The zero-order valence-electron chi connectivity index (χ0n) is 57.1. The van der Waals surface area contributed by atoms with E-state index in [-0.39, 0.29) is 12.1 Å². The molecule has 0 radical (unpaired) electrons. The molecule has 20 rings (SSSR count). The van der Waals surface area contributed by atoms with E-state index in [1.54, 1.807) is 0 Å². The van der Waals surface area contributed by atoms with Gasteiger partial charge in [-0.15, -0.1) is 0 Å². The molecule has 0 N–H and O–H groups in total. The van der Waals surface area contributed by atoms with E-state index in [0.29, 0.717) is 0 Å². The second-order valence-electron chi connectivity index (χ2n) is 28.3. The molecule has 0 aromatic heterocycles. The van der Waals surface area contributed by atoms with E-state index in [0.717, 1.165) is 124 Å². The molecular formula is C95H67BN4OS2. The molecule has 0 spiro atoms. The van der Waals surface area contributed by atoms with Crippen molar-refractivity contribution in [3.05, 3.63) is 380 Å². The molecule has 5 aliphatic heterocycles. The van der Waals surface area contributed by atoms with Gasteiger partial charge in [0, 0.05) is 65.2 Å². The number of ether oxygens (including phenoxy) is 1. The molecule has 0 atom stereocenters. The third-order valence-corrected chi connectivity index (χ3v) is 23.7. The topological polar surface area (TPSA) is 22.2 Å². The van der Waals surface area contributed by atoms with Crippen molar-refractivity contribution in [2.45, 2.75) is 51.2 Å². The van der Waals surface area contributed by atoms with E-state index < -0.39 is 5.41 Å². The van der Waals surface area contributed by atoms with Crippen molar-refractivity contribution < 1.29 is 4.74 Å². The zero-order chi connectivity index (χ0) is 68.5. The van der Waals surface area contributed by atoms with Crippen LogP contribution in [-0.4, -0.2) is 6.71 Å². The highest BCUT2D eigenvalue weighted by atomic mass is 32.2. The van der Waals surface area contributed by atoms with Crippen LogP contribution in [0.25, 0.3) is 33.4 Å². The number of hydrogen-bond donors (Lipinski definition) is 0. The maximum Gasteiger partial charge on any atom is 0.256 e. The van der Waals surface area contributed by atoms with Gasteiger partial charge in [0.25, 0.3) is 6.71 Å². The van der Waals surface area contributed by atoms with Crippen LogP contribution in [0.2, 0.25) is 0 Å². The first kappa shape index (κ1) is 61.0. The highest BCUT2D eigenvalue weighted by Crippen LogP contribution is 2.61. The number of para-hydroxylation sites is 6. The molecule has 15 aromatic carbocycles. The van der Waals surface area contributed by atoms with Crippen molar-refractivity contribution in [2.24, 2.45) is 0 Å². The molecule has 5 aliphatic rings. The van der Waals surface area contributed by atoms with Crippen molar-refractivity contribution in [3.8, 4) is 44.9 Å². The summed E-state index contributed by atoms with van der Waals surface area (Å²) in [6, 6.07) is 131. The maximum atomic E-state index is 7.92. The lowest BCUT2D eigenvalue weighted by molar-refractivity contribution is 0.488. The fourth-order valence-electron chi connectivity index (χ4n) is 16.8. The summed E-state index contributed by atoms with van der Waals surface area (Å²) >= 11 is 3.66. The zero-order valence-corrected chi connectivity index (χ0v) is 58.7. The molecule has 0 aliphatic carbocycles. The first-order valence-corrected chi connectivity index (χ1v) is 37.1. The minimum atomic E-state index is -0.755. The van der Waals surface area contributed by atoms with Crippen LogP contribution in [0.3, 0.4) is 0 Å². The molecule has 15 aromatic rings. The molecule has 5 heterocycles. The largest absolute Gasteiger partial charge is 0.458 e. The van der Waals surface area contributed by atoms with Gasteiger partial charge in [0.15, 0.2) is 0 Å². The third-order valence-electron chi connectivity index (χ3n) is 21.4. The first-order chi connectivity index (χ1) is 50.7. The van der Waals surface area contributed by atoms with Crippen molar-refractivity contribution in [2.75, 3.05) is 19.6 Å². The van der Waals surface area contributed by atoms with Crippen LogP contribution in [0.1, 0.15) is 48.6 Å². The number of fused-ring (bicyclic) bond motifs is 10. The molecule has 0 bridgehead atoms. The van der Waals surface area contributed by atoms with Crippen molar-refractivity contribution in [3.63, 3.8) is 0 Å². The standard InChI is InChI=1S/C95H67BN4OS2/c1-94(2,3)68-58-72(62-29-9-4-10-30-62)93(73(59-68)63-31-11-5-12-32-63)100-84-60-70(98-80-41-21-25-45-88(80)102-89-46-26-22-42-81(89)98)50-52-76(84)96-77-53-51-71(99-82-43-23-27-47-90(82)103-91-48-28-24-44-83(91)99)61-86(77)101-87-57-65(56-85(100)92(87)96)64-49-54-79-75(55-64)95(66-33-13-6-14-34-66,67-35-15-7-16-36-67)74-39-19-20-40-78(74)97(79)69-37-17-8-18-38-69/h4-61H,1-3H3. The fourth-order valence-corrected chi connectivity index (χ4v) is 19.0. The summed E-state index contributed by atoms with van der Waals surface area (Å²) in [5.74, 6) is 1.64. The van der Waals surface area contributed by atoms with Gasteiger partial charge in [-0.25, -0.2) is 0 Å². The van der Waals surface area contributed by atoms with Gasteiger partial charge >= 0.3 is 0 Å². The van der Waals surface area contributed by atoms with E-state index in [2.05, 4.69) is 392 Å². The van der Waals surface area contributed by atoms with E-state index in [1.807, 2.05) is 23.5 Å². The monoisotopic (exact) mass is 1350 g/mol. The minimum absolute atomic E-state index is 0.207. The Hall–Kier alpha value is -11.9. The van der Waals surface area contributed by atoms with Crippen LogP contribution in [0, 0.1) is 0 Å². The summed E-state index contributed by atoms with van der Waals surface area (Å²) in [4.78, 5) is 14.9. The number of nitrogens with zero attached hydrogens (tertiary/aromatic N) is 4. The smallest absolute Gasteiger partial charge is 0.256 e. The normalized spacial score (nSPS) is 14.0. The molecular weight excluding hydrogens is 1290 g/mol. The molecule has 0 fully saturated rings. The van der Waals surface area contributed by atoms with E-state index in [1.165, 1.54) is 52.9 Å². The Balaban J connectivity index is 0.906. The summed E-state index contributed by atoms with van der Waals surface area (Å²) < 4.78 is 7.92. The minimum Gasteiger partial charge on any atom is -0.458 e. The fraction of sp³-hybridized carbons (Fsp3) is 0.0526. The van der Waals surface area contributed by atoms with Crippen LogP contribution >= 0.6 is 23.5 Å². The summed E-state index contributed by atoms with van der Waals surface area (Å²) in [7, 11) is 0. The Morgan fingerprint density at radius 2 is 0.748 bits per heavy atom. The van der Waals surface area contributed by atoms with Gasteiger partial charge < -0.3 is 24.3 Å². The SMILES string of the molecule is CC(C)(C)c1cc(-c2ccccc2)c(N2c3cc(N4c5ccccc5Sc5ccccc54)ccc3B3c4ccc(N5c6ccccc6Sc6ccccc65)cc4Oc4cc(-c5ccc6c(c5)C(c5ccccc5)(c5ccccc5)c5ccccc5N6c5ccccc5)cc2c43)c(-c2ccccc2)c1. The maximum absolute atomic E-state index is 7.92. The summed E-state index contributed by atoms with van der Waals surface area (Å²) in [6.45, 7) is 6.76. The molecule has 5 nitrogen and oxygen atoms in total. The van der Waals surface area contributed by atoms with E-state index in [4.69, 9.17) is 4.74 Å². The van der Waals surface area contributed by atoms with Crippen molar-refractivity contribution >= 4 is 115 Å². The Labute approximate surface area is 610 Å². The molecule has 488 valence electrons. The second kappa shape index (κ2) is 24.1. The first-order valence-electron chi connectivity index (χ1n) is 35.5. The predicted molar refractivity (Wildman–Crippen MR) is 431 cm³/mol.